The SMILES string of the molecule is CCC1CNC(C2CC2)CN1C(C)CCS(C)=O. The molecule has 1 aliphatic heterocycles. The highest BCUT2D eigenvalue weighted by molar-refractivity contribution is 7.84. The Labute approximate surface area is 114 Å². The van der Waals surface area contributed by atoms with Crippen molar-refractivity contribution >= 4 is 10.8 Å². The van der Waals surface area contributed by atoms with Crippen LogP contribution in [0.4, 0.5) is 0 Å². The topological polar surface area (TPSA) is 32.3 Å². The zero-order chi connectivity index (χ0) is 13.1. The van der Waals surface area contributed by atoms with Crippen molar-refractivity contribution in [2.75, 3.05) is 25.1 Å². The molecule has 3 nitrogen and oxygen atoms in total. The molecule has 106 valence electrons. The molecular formula is C14H28N2OS. The van der Waals surface area contributed by atoms with Gasteiger partial charge in [-0.15, -0.1) is 0 Å². The molecule has 4 unspecified atom stereocenters. The minimum atomic E-state index is -0.651. The van der Waals surface area contributed by atoms with Crippen LogP contribution in [-0.4, -0.2) is 52.3 Å². The maximum Gasteiger partial charge on any atom is 0.0246 e. The summed E-state index contributed by atoms with van der Waals surface area (Å²) in [7, 11) is -0.651. The van der Waals surface area contributed by atoms with Gasteiger partial charge in [-0.2, -0.15) is 0 Å². The molecule has 1 heterocycles. The molecule has 4 heteroatoms. The van der Waals surface area contributed by atoms with E-state index in [9.17, 15) is 4.21 Å². The molecule has 0 bridgehead atoms. The predicted molar refractivity (Wildman–Crippen MR) is 78.3 cm³/mol. The first kappa shape index (κ1) is 14.5. The number of nitrogens with one attached hydrogen (secondary N) is 1. The predicted octanol–water partition coefficient (Wildman–Crippen LogP) is 1.61. The molecule has 1 aliphatic carbocycles. The Morgan fingerprint density at radius 1 is 1.44 bits per heavy atom. The monoisotopic (exact) mass is 272 g/mol. The van der Waals surface area contributed by atoms with Crippen LogP contribution >= 0.6 is 0 Å². The van der Waals surface area contributed by atoms with Crippen LogP contribution in [0.25, 0.3) is 0 Å². The maximum absolute atomic E-state index is 11.2. The summed E-state index contributed by atoms with van der Waals surface area (Å²) in [5.74, 6) is 1.77. The fourth-order valence-corrected chi connectivity index (χ4v) is 3.75. The summed E-state index contributed by atoms with van der Waals surface area (Å²) in [6, 6.07) is 1.95. The van der Waals surface area contributed by atoms with Gasteiger partial charge in [0.2, 0.25) is 0 Å². The van der Waals surface area contributed by atoms with E-state index in [0.29, 0.717) is 18.1 Å². The molecule has 0 aromatic rings. The Kier molecular flexibility index (Phi) is 5.22. The molecule has 2 aliphatic rings. The van der Waals surface area contributed by atoms with Gasteiger partial charge in [-0.1, -0.05) is 6.92 Å². The Hall–Kier alpha value is 0.0700. The van der Waals surface area contributed by atoms with E-state index >= 15 is 0 Å². The maximum atomic E-state index is 11.2. The molecule has 0 amide bonds. The standard InChI is InChI=1S/C14H28N2OS/c1-4-13-9-15-14(12-5-6-12)10-16(13)11(2)7-8-18(3)17/h11-15H,4-10H2,1-3H3. The Bertz CT molecular complexity index is 294. The van der Waals surface area contributed by atoms with E-state index in [0.717, 1.165) is 24.6 Å². The highest BCUT2D eigenvalue weighted by Gasteiger charge is 2.37. The van der Waals surface area contributed by atoms with Crippen molar-refractivity contribution < 1.29 is 4.21 Å². The van der Waals surface area contributed by atoms with Gasteiger partial charge in [0.25, 0.3) is 0 Å². The molecule has 0 aromatic carbocycles. The van der Waals surface area contributed by atoms with Crippen molar-refractivity contribution in [3.05, 3.63) is 0 Å². The summed E-state index contributed by atoms with van der Waals surface area (Å²) in [6.07, 6.45) is 6.92. The normalized spacial score (nSPS) is 33.3. The summed E-state index contributed by atoms with van der Waals surface area (Å²) in [6.45, 7) is 6.92. The Balaban J connectivity index is 1.89. The van der Waals surface area contributed by atoms with Crippen LogP contribution in [-0.2, 0) is 10.8 Å². The lowest BCUT2D eigenvalue weighted by Gasteiger charge is -2.43. The van der Waals surface area contributed by atoms with Crippen molar-refractivity contribution in [1.29, 1.82) is 0 Å². The molecule has 18 heavy (non-hydrogen) atoms. The zero-order valence-electron chi connectivity index (χ0n) is 12.0. The largest absolute Gasteiger partial charge is 0.311 e. The molecule has 1 saturated carbocycles. The lowest BCUT2D eigenvalue weighted by Crippen LogP contribution is -2.59. The van der Waals surface area contributed by atoms with Gasteiger partial charge in [-0.25, -0.2) is 0 Å². The second-order valence-corrected chi connectivity index (χ2v) is 7.58. The van der Waals surface area contributed by atoms with E-state index in [2.05, 4.69) is 24.1 Å². The van der Waals surface area contributed by atoms with E-state index in [-0.39, 0.29) is 0 Å². The average molecular weight is 272 g/mol. The third kappa shape index (κ3) is 3.78. The van der Waals surface area contributed by atoms with Crippen LogP contribution in [0, 0.1) is 5.92 Å². The first-order chi connectivity index (χ1) is 8.61. The Morgan fingerprint density at radius 3 is 2.72 bits per heavy atom. The van der Waals surface area contributed by atoms with E-state index < -0.39 is 10.8 Å². The Morgan fingerprint density at radius 2 is 2.17 bits per heavy atom. The number of rotatable bonds is 6. The van der Waals surface area contributed by atoms with Crippen LogP contribution in [0.5, 0.6) is 0 Å². The highest BCUT2D eigenvalue weighted by Crippen LogP contribution is 2.35. The van der Waals surface area contributed by atoms with Gasteiger partial charge >= 0.3 is 0 Å². The summed E-state index contributed by atoms with van der Waals surface area (Å²) in [4.78, 5) is 2.67. The third-order valence-corrected chi connectivity index (χ3v) is 5.35. The van der Waals surface area contributed by atoms with Gasteiger partial charge in [0, 0.05) is 54.0 Å². The van der Waals surface area contributed by atoms with E-state index in [1.807, 2.05) is 6.26 Å². The van der Waals surface area contributed by atoms with Crippen molar-refractivity contribution in [2.45, 2.75) is 57.7 Å². The van der Waals surface area contributed by atoms with Crippen LogP contribution in [0.3, 0.4) is 0 Å². The van der Waals surface area contributed by atoms with Gasteiger partial charge in [0.1, 0.15) is 0 Å². The van der Waals surface area contributed by atoms with E-state index in [1.165, 1.54) is 25.8 Å². The second kappa shape index (κ2) is 6.49. The minimum absolute atomic E-state index is 0.571. The van der Waals surface area contributed by atoms with E-state index in [1.54, 1.807) is 0 Å². The molecule has 0 spiro atoms. The summed E-state index contributed by atoms with van der Waals surface area (Å²) < 4.78 is 11.2. The van der Waals surface area contributed by atoms with Crippen molar-refractivity contribution in [1.82, 2.24) is 10.2 Å². The quantitative estimate of drug-likeness (QED) is 0.797. The lowest BCUT2D eigenvalue weighted by atomic mass is 10.0. The number of hydrogen-bond donors (Lipinski definition) is 1. The first-order valence-corrected chi connectivity index (χ1v) is 9.13. The van der Waals surface area contributed by atoms with Crippen molar-refractivity contribution in [3.63, 3.8) is 0 Å². The van der Waals surface area contributed by atoms with Crippen molar-refractivity contribution in [2.24, 2.45) is 5.92 Å². The van der Waals surface area contributed by atoms with Gasteiger partial charge < -0.3 is 5.32 Å². The molecule has 2 rings (SSSR count). The van der Waals surface area contributed by atoms with Crippen molar-refractivity contribution in [3.8, 4) is 0 Å². The highest BCUT2D eigenvalue weighted by atomic mass is 32.2. The van der Waals surface area contributed by atoms with Gasteiger partial charge in [0.15, 0.2) is 0 Å². The molecular weight excluding hydrogens is 244 g/mol. The van der Waals surface area contributed by atoms with Gasteiger partial charge in [-0.3, -0.25) is 9.11 Å². The van der Waals surface area contributed by atoms with Gasteiger partial charge in [0.05, 0.1) is 0 Å². The third-order valence-electron chi connectivity index (χ3n) is 4.54. The van der Waals surface area contributed by atoms with Gasteiger partial charge in [-0.05, 0) is 38.5 Å². The zero-order valence-corrected chi connectivity index (χ0v) is 12.8. The fourth-order valence-electron chi connectivity index (χ4n) is 3.08. The van der Waals surface area contributed by atoms with E-state index in [4.69, 9.17) is 0 Å². The number of piperazine rings is 1. The molecule has 0 aromatic heterocycles. The smallest absolute Gasteiger partial charge is 0.0246 e. The average Bonchev–Trinajstić information content (AvgIpc) is 3.19. The minimum Gasteiger partial charge on any atom is -0.311 e. The summed E-state index contributed by atoms with van der Waals surface area (Å²) in [5.41, 5.74) is 0. The first-order valence-electron chi connectivity index (χ1n) is 7.41. The number of hydrogen-bond acceptors (Lipinski definition) is 3. The molecule has 2 fully saturated rings. The second-order valence-electron chi connectivity index (χ2n) is 6.03. The molecule has 1 saturated heterocycles. The number of nitrogens with zero attached hydrogens (tertiary/aromatic N) is 1. The lowest BCUT2D eigenvalue weighted by molar-refractivity contribution is 0.0792. The van der Waals surface area contributed by atoms with Crippen LogP contribution in [0.2, 0.25) is 0 Å². The van der Waals surface area contributed by atoms with Crippen LogP contribution in [0.15, 0.2) is 0 Å². The van der Waals surface area contributed by atoms with Crippen LogP contribution < -0.4 is 5.32 Å². The molecule has 1 N–H and O–H groups in total. The summed E-state index contributed by atoms with van der Waals surface area (Å²) >= 11 is 0. The van der Waals surface area contributed by atoms with Crippen LogP contribution in [0.1, 0.15) is 39.5 Å². The summed E-state index contributed by atoms with van der Waals surface area (Å²) in [5, 5.41) is 3.73. The molecule has 0 radical (unpaired) electrons. The molecule has 4 atom stereocenters. The fraction of sp³-hybridized carbons (Fsp3) is 1.00.